The topological polar surface area (TPSA) is 86.8 Å². The van der Waals surface area contributed by atoms with Crippen LogP contribution in [0.15, 0.2) is 48.5 Å². The highest BCUT2D eigenvalue weighted by Gasteiger charge is 2.26. The second-order valence-corrected chi connectivity index (χ2v) is 6.52. The van der Waals surface area contributed by atoms with Crippen molar-refractivity contribution >= 4 is 11.6 Å². The fourth-order valence-corrected chi connectivity index (χ4v) is 3.37. The Labute approximate surface area is 155 Å². The molecule has 1 amide bonds. The highest BCUT2D eigenvalue weighted by atomic mass is 19.1. The molecule has 1 fully saturated rings. The summed E-state index contributed by atoms with van der Waals surface area (Å²) in [4.78, 5) is 15.0. The van der Waals surface area contributed by atoms with Gasteiger partial charge in [-0.25, -0.2) is 4.39 Å². The lowest BCUT2D eigenvalue weighted by atomic mass is 10.0. The van der Waals surface area contributed by atoms with Gasteiger partial charge < -0.3 is 10.2 Å². The highest BCUT2D eigenvalue weighted by Crippen LogP contribution is 2.23. The maximum absolute atomic E-state index is 13.1. The molecule has 8 heteroatoms. The third-order valence-electron chi connectivity index (χ3n) is 4.67. The summed E-state index contributed by atoms with van der Waals surface area (Å²) < 4.78 is 13.1. The minimum absolute atomic E-state index is 0.0546. The molecule has 1 aliphatic rings. The van der Waals surface area contributed by atoms with E-state index in [-0.39, 0.29) is 17.8 Å². The summed E-state index contributed by atoms with van der Waals surface area (Å²) in [5, 5.41) is 17.4. The molecule has 27 heavy (non-hydrogen) atoms. The first kappa shape index (κ1) is 17.1. The lowest BCUT2D eigenvalue weighted by molar-refractivity contribution is 0.0715. The number of carbonyl (C=O) groups excluding carboxylic acids is 1. The van der Waals surface area contributed by atoms with Gasteiger partial charge in [-0.05, 0) is 48.4 Å². The van der Waals surface area contributed by atoms with E-state index in [9.17, 15) is 9.18 Å². The molecule has 1 aromatic heterocycles. The zero-order valence-electron chi connectivity index (χ0n) is 14.6. The summed E-state index contributed by atoms with van der Waals surface area (Å²) in [6, 6.07) is 13.7. The number of likely N-dealkylation sites (tertiary alicyclic amines) is 1. The summed E-state index contributed by atoms with van der Waals surface area (Å²) in [7, 11) is 0. The molecule has 2 heterocycles. The highest BCUT2D eigenvalue weighted by molar-refractivity contribution is 6.00. The Hall–Kier alpha value is -3.29. The van der Waals surface area contributed by atoms with Crippen molar-refractivity contribution in [2.75, 3.05) is 18.4 Å². The van der Waals surface area contributed by atoms with Crippen molar-refractivity contribution in [3.63, 3.8) is 0 Å². The molecule has 7 nitrogen and oxygen atoms in total. The van der Waals surface area contributed by atoms with Crippen LogP contribution in [0.25, 0.3) is 11.4 Å². The molecule has 138 valence electrons. The molecule has 2 aromatic carbocycles. The maximum atomic E-state index is 13.1. The van der Waals surface area contributed by atoms with Crippen LogP contribution < -0.4 is 5.32 Å². The predicted octanol–water partition coefficient (Wildman–Crippen LogP) is 2.72. The van der Waals surface area contributed by atoms with Gasteiger partial charge >= 0.3 is 0 Å². The number of benzene rings is 2. The molecule has 1 atom stereocenters. The average Bonchev–Trinajstić information content (AvgIpc) is 3.24. The van der Waals surface area contributed by atoms with Crippen LogP contribution in [0.1, 0.15) is 23.2 Å². The minimum Gasteiger partial charge on any atom is -0.381 e. The zero-order valence-corrected chi connectivity index (χ0v) is 14.6. The van der Waals surface area contributed by atoms with Crippen molar-refractivity contribution in [3.05, 3.63) is 59.9 Å². The predicted molar refractivity (Wildman–Crippen MR) is 98.6 cm³/mol. The van der Waals surface area contributed by atoms with E-state index in [0.717, 1.165) is 18.5 Å². The Balaban J connectivity index is 1.50. The van der Waals surface area contributed by atoms with E-state index in [1.165, 1.54) is 12.1 Å². The van der Waals surface area contributed by atoms with Crippen LogP contribution in [0.2, 0.25) is 0 Å². The van der Waals surface area contributed by atoms with Crippen LogP contribution in [0.5, 0.6) is 0 Å². The Morgan fingerprint density at radius 1 is 1.19 bits per heavy atom. The van der Waals surface area contributed by atoms with Crippen molar-refractivity contribution in [1.82, 2.24) is 25.5 Å². The number of aromatic nitrogens is 4. The van der Waals surface area contributed by atoms with Gasteiger partial charge in [-0.3, -0.25) is 4.79 Å². The Morgan fingerprint density at radius 2 is 2.00 bits per heavy atom. The lowest BCUT2D eigenvalue weighted by Crippen LogP contribution is -2.45. The first-order valence-electron chi connectivity index (χ1n) is 8.85. The molecule has 1 saturated heterocycles. The molecule has 4 rings (SSSR count). The summed E-state index contributed by atoms with van der Waals surface area (Å²) >= 11 is 0. The molecule has 0 unspecified atom stereocenters. The first-order chi connectivity index (χ1) is 13.2. The molecular weight excluding hydrogens is 347 g/mol. The van der Waals surface area contributed by atoms with E-state index in [1.807, 2.05) is 23.1 Å². The number of rotatable bonds is 4. The van der Waals surface area contributed by atoms with Crippen LogP contribution in [0.4, 0.5) is 10.1 Å². The van der Waals surface area contributed by atoms with Gasteiger partial charge in [-0.1, -0.05) is 18.2 Å². The van der Waals surface area contributed by atoms with Crippen molar-refractivity contribution in [2.24, 2.45) is 0 Å². The maximum Gasteiger partial charge on any atom is 0.254 e. The SMILES string of the molecule is O=C(c1ccccc1-c1nn[nH]n1)N1CCC[C@H](Nc2ccc(F)cc2)C1. The average molecular weight is 366 g/mol. The number of hydrogen-bond acceptors (Lipinski definition) is 5. The number of piperidine rings is 1. The van der Waals surface area contributed by atoms with E-state index in [4.69, 9.17) is 0 Å². The largest absolute Gasteiger partial charge is 0.381 e. The minimum atomic E-state index is -0.265. The fourth-order valence-electron chi connectivity index (χ4n) is 3.37. The van der Waals surface area contributed by atoms with E-state index in [1.54, 1.807) is 18.2 Å². The van der Waals surface area contributed by atoms with Gasteiger partial charge in [0.2, 0.25) is 5.82 Å². The van der Waals surface area contributed by atoms with E-state index < -0.39 is 0 Å². The molecule has 1 aliphatic heterocycles. The van der Waals surface area contributed by atoms with E-state index in [2.05, 4.69) is 25.9 Å². The second-order valence-electron chi connectivity index (χ2n) is 6.52. The third-order valence-corrected chi connectivity index (χ3v) is 4.67. The Morgan fingerprint density at radius 3 is 2.78 bits per heavy atom. The molecular formula is C19H19FN6O. The standard InChI is InChI=1S/C19H19FN6O/c20-13-7-9-14(10-8-13)21-15-4-3-11-26(12-15)19(27)17-6-2-1-5-16(17)18-22-24-25-23-18/h1-2,5-10,15,21H,3-4,11-12H2,(H,22,23,24,25)/t15-/m0/s1. The summed E-state index contributed by atoms with van der Waals surface area (Å²) in [5.41, 5.74) is 2.06. The molecule has 0 radical (unpaired) electrons. The fraction of sp³-hybridized carbons (Fsp3) is 0.263. The van der Waals surface area contributed by atoms with Crippen LogP contribution in [0.3, 0.4) is 0 Å². The molecule has 3 aromatic rings. The van der Waals surface area contributed by atoms with Crippen molar-refractivity contribution < 1.29 is 9.18 Å². The number of carbonyl (C=O) groups is 1. The quantitative estimate of drug-likeness (QED) is 0.741. The van der Waals surface area contributed by atoms with Crippen molar-refractivity contribution in [3.8, 4) is 11.4 Å². The van der Waals surface area contributed by atoms with Gasteiger partial charge in [0.05, 0.1) is 5.56 Å². The van der Waals surface area contributed by atoms with Gasteiger partial charge in [0.25, 0.3) is 5.91 Å². The Bertz CT molecular complexity index is 912. The summed E-state index contributed by atoms with van der Waals surface area (Å²) in [6.07, 6.45) is 1.85. The van der Waals surface area contributed by atoms with Crippen molar-refractivity contribution in [1.29, 1.82) is 0 Å². The number of nitrogens with zero attached hydrogens (tertiary/aromatic N) is 4. The number of amides is 1. The lowest BCUT2D eigenvalue weighted by Gasteiger charge is -2.34. The number of halogens is 1. The van der Waals surface area contributed by atoms with Gasteiger partial charge in [0, 0.05) is 30.4 Å². The van der Waals surface area contributed by atoms with Crippen LogP contribution >= 0.6 is 0 Å². The Kier molecular flexibility index (Phi) is 4.78. The zero-order chi connectivity index (χ0) is 18.6. The van der Waals surface area contributed by atoms with Gasteiger partial charge in [0.15, 0.2) is 0 Å². The van der Waals surface area contributed by atoms with E-state index in [0.29, 0.717) is 30.0 Å². The summed E-state index contributed by atoms with van der Waals surface area (Å²) in [6.45, 7) is 1.28. The number of aromatic amines is 1. The number of hydrogen-bond donors (Lipinski definition) is 2. The van der Waals surface area contributed by atoms with E-state index >= 15 is 0 Å². The molecule has 2 N–H and O–H groups in total. The smallest absolute Gasteiger partial charge is 0.254 e. The number of tetrazole rings is 1. The first-order valence-corrected chi connectivity index (χ1v) is 8.85. The second kappa shape index (κ2) is 7.53. The third kappa shape index (κ3) is 3.79. The van der Waals surface area contributed by atoms with Gasteiger partial charge in [-0.2, -0.15) is 5.21 Å². The molecule has 0 bridgehead atoms. The normalized spacial score (nSPS) is 16.9. The van der Waals surface area contributed by atoms with Crippen LogP contribution in [0, 0.1) is 5.82 Å². The van der Waals surface area contributed by atoms with Gasteiger partial charge in [0.1, 0.15) is 5.82 Å². The molecule has 0 saturated carbocycles. The molecule has 0 aliphatic carbocycles. The number of nitrogens with one attached hydrogen (secondary N) is 2. The van der Waals surface area contributed by atoms with Crippen LogP contribution in [-0.2, 0) is 0 Å². The number of anilines is 1. The summed E-state index contributed by atoms with van der Waals surface area (Å²) in [5.74, 6) is 0.0806. The van der Waals surface area contributed by atoms with Crippen molar-refractivity contribution in [2.45, 2.75) is 18.9 Å². The van der Waals surface area contributed by atoms with Gasteiger partial charge in [-0.15, -0.1) is 10.2 Å². The molecule has 0 spiro atoms. The number of H-pyrrole nitrogens is 1. The monoisotopic (exact) mass is 366 g/mol. The van der Waals surface area contributed by atoms with Crippen LogP contribution in [-0.4, -0.2) is 50.6 Å².